The summed E-state index contributed by atoms with van der Waals surface area (Å²) in [5, 5.41) is 4.90. The Morgan fingerprint density at radius 3 is 2.62 bits per heavy atom. The number of rotatable bonds is 3. The molecule has 1 atom stereocenters. The van der Waals surface area contributed by atoms with E-state index >= 15 is 0 Å². The largest absolute Gasteiger partial charge is 0.370 e. The Hall–Kier alpha value is -3.23. The van der Waals surface area contributed by atoms with Crippen LogP contribution in [0.5, 0.6) is 0 Å². The second-order valence-corrected chi connectivity index (χ2v) is 8.46. The molecular weight excluding hydrogens is 428 g/mol. The molecule has 8 nitrogen and oxygen atoms in total. The molecule has 0 amide bonds. The highest BCUT2D eigenvalue weighted by molar-refractivity contribution is 6.30. The maximum atomic E-state index is 13.1. The molecule has 0 unspecified atom stereocenters. The normalized spacial score (nSPS) is 16.6. The van der Waals surface area contributed by atoms with Gasteiger partial charge >= 0.3 is 0 Å². The average Bonchev–Trinajstić information content (AvgIpc) is 3.24. The van der Waals surface area contributed by atoms with Crippen molar-refractivity contribution in [3.63, 3.8) is 0 Å². The monoisotopic (exact) mass is 450 g/mol. The fourth-order valence-electron chi connectivity index (χ4n) is 3.94. The van der Waals surface area contributed by atoms with Gasteiger partial charge in [-0.3, -0.25) is 13.9 Å². The number of benzene rings is 1. The summed E-state index contributed by atoms with van der Waals surface area (Å²) in [6.45, 7) is 5.47. The molecule has 4 aromatic rings. The molecule has 5 rings (SSSR count). The summed E-state index contributed by atoms with van der Waals surface area (Å²) in [4.78, 5) is 24.9. The fraction of sp³-hybridized carbons (Fsp3) is 0.304. The topological polar surface area (TPSA) is 77.6 Å². The molecule has 164 valence electrons. The minimum Gasteiger partial charge on any atom is -0.370 e. The van der Waals surface area contributed by atoms with Crippen molar-refractivity contribution in [1.29, 1.82) is 0 Å². The van der Waals surface area contributed by atoms with Crippen molar-refractivity contribution in [2.45, 2.75) is 20.0 Å². The molecular formula is C23H23ClN6O2. The molecule has 32 heavy (non-hydrogen) atoms. The quantitative estimate of drug-likeness (QED) is 0.476. The number of halogens is 1. The Kier molecular flexibility index (Phi) is 5.19. The zero-order valence-corrected chi connectivity index (χ0v) is 18.9. The number of aromatic nitrogens is 5. The second kappa shape index (κ2) is 8.03. The van der Waals surface area contributed by atoms with Gasteiger partial charge in [0.1, 0.15) is 17.6 Å². The predicted molar refractivity (Wildman–Crippen MR) is 123 cm³/mol. The van der Waals surface area contributed by atoms with Gasteiger partial charge in [0.25, 0.3) is 5.56 Å². The fourth-order valence-corrected chi connectivity index (χ4v) is 4.07. The maximum absolute atomic E-state index is 13.1. The lowest BCUT2D eigenvalue weighted by Gasteiger charge is -2.33. The van der Waals surface area contributed by atoms with E-state index in [-0.39, 0.29) is 11.7 Å². The van der Waals surface area contributed by atoms with E-state index < -0.39 is 0 Å². The molecule has 1 aliphatic heterocycles. The lowest BCUT2D eigenvalue weighted by atomic mass is 10.1. The first-order valence-electron chi connectivity index (χ1n) is 10.4. The average molecular weight is 451 g/mol. The van der Waals surface area contributed by atoms with Gasteiger partial charge in [-0.05, 0) is 26.0 Å². The molecule has 1 saturated heterocycles. The molecule has 0 bridgehead atoms. The van der Waals surface area contributed by atoms with E-state index in [1.165, 1.54) is 0 Å². The summed E-state index contributed by atoms with van der Waals surface area (Å²) < 4.78 is 9.35. The molecule has 3 aromatic heterocycles. The smallest absolute Gasteiger partial charge is 0.261 e. The molecule has 4 heterocycles. The Morgan fingerprint density at radius 2 is 1.91 bits per heavy atom. The van der Waals surface area contributed by atoms with E-state index in [1.807, 2.05) is 50.6 Å². The van der Waals surface area contributed by atoms with Crippen molar-refractivity contribution >= 4 is 23.1 Å². The molecule has 1 aliphatic rings. The molecule has 0 aliphatic carbocycles. The molecule has 0 radical (unpaired) electrons. The summed E-state index contributed by atoms with van der Waals surface area (Å²) in [6.07, 6.45) is 5.44. The first-order valence-corrected chi connectivity index (χ1v) is 10.8. The van der Waals surface area contributed by atoms with Crippen LogP contribution in [0.15, 0.2) is 47.7 Å². The van der Waals surface area contributed by atoms with Gasteiger partial charge in [0.2, 0.25) is 0 Å². The minimum atomic E-state index is -0.122. The molecule has 1 fully saturated rings. The van der Waals surface area contributed by atoms with Crippen LogP contribution in [0, 0.1) is 13.8 Å². The minimum absolute atomic E-state index is 0.0940. The van der Waals surface area contributed by atoms with Gasteiger partial charge < -0.3 is 9.64 Å². The first-order chi connectivity index (χ1) is 15.4. The van der Waals surface area contributed by atoms with Crippen LogP contribution >= 0.6 is 11.6 Å². The van der Waals surface area contributed by atoms with Gasteiger partial charge in [-0.25, -0.2) is 9.97 Å². The van der Waals surface area contributed by atoms with Crippen LogP contribution in [0.3, 0.4) is 0 Å². The summed E-state index contributed by atoms with van der Waals surface area (Å²) >= 11 is 6.10. The van der Waals surface area contributed by atoms with Gasteiger partial charge in [-0.2, -0.15) is 5.10 Å². The molecule has 9 heteroatoms. The van der Waals surface area contributed by atoms with Gasteiger partial charge in [0.05, 0.1) is 25.5 Å². The number of fused-ring (bicyclic) bond motifs is 1. The Bertz CT molecular complexity index is 1360. The van der Waals surface area contributed by atoms with E-state index in [0.717, 1.165) is 11.1 Å². The van der Waals surface area contributed by atoms with Crippen LogP contribution in [-0.4, -0.2) is 43.8 Å². The summed E-state index contributed by atoms with van der Waals surface area (Å²) in [6, 6.07) is 7.42. The van der Waals surface area contributed by atoms with E-state index in [4.69, 9.17) is 26.3 Å². The van der Waals surface area contributed by atoms with Crippen LogP contribution in [-0.2, 0) is 11.8 Å². The van der Waals surface area contributed by atoms with Crippen molar-refractivity contribution < 1.29 is 4.74 Å². The number of aryl methyl sites for hydroxylation is 2. The third-order valence-electron chi connectivity index (χ3n) is 5.87. The third-order valence-corrected chi connectivity index (χ3v) is 6.12. The number of anilines is 1. The summed E-state index contributed by atoms with van der Waals surface area (Å²) in [5.74, 6) is 0.701. The second-order valence-electron chi connectivity index (χ2n) is 8.03. The number of hydrogen-bond acceptors (Lipinski definition) is 6. The van der Waals surface area contributed by atoms with Crippen LogP contribution in [0.1, 0.15) is 22.9 Å². The van der Waals surface area contributed by atoms with Gasteiger partial charge in [0.15, 0.2) is 5.65 Å². The van der Waals surface area contributed by atoms with E-state index in [9.17, 15) is 4.79 Å². The standard InChI is InChI=1S/C23H23ClN6O2/c1-14-15(2)26-22-21(16-4-6-18(24)7-5-16)27-20(13-30(22)23(14)31)29-8-9-32-19(12-29)17-10-25-28(3)11-17/h4-7,10-11,13,19H,8-9,12H2,1-3H3/t19-/m1/s1. The first kappa shape index (κ1) is 20.7. The van der Waals surface area contributed by atoms with Crippen molar-refractivity contribution in [1.82, 2.24) is 24.1 Å². The van der Waals surface area contributed by atoms with Gasteiger partial charge in [0, 0.05) is 47.2 Å². The maximum Gasteiger partial charge on any atom is 0.261 e. The van der Waals surface area contributed by atoms with Crippen LogP contribution in [0.4, 0.5) is 5.82 Å². The van der Waals surface area contributed by atoms with Crippen LogP contribution in [0.25, 0.3) is 16.9 Å². The van der Waals surface area contributed by atoms with Gasteiger partial charge in [-0.15, -0.1) is 0 Å². The highest BCUT2D eigenvalue weighted by Crippen LogP contribution is 2.29. The van der Waals surface area contributed by atoms with E-state index in [1.54, 1.807) is 22.2 Å². The molecule has 1 aromatic carbocycles. The zero-order valence-electron chi connectivity index (χ0n) is 18.1. The summed E-state index contributed by atoms with van der Waals surface area (Å²) in [7, 11) is 1.89. The van der Waals surface area contributed by atoms with E-state index in [2.05, 4.69) is 10.00 Å². The Morgan fingerprint density at radius 1 is 1.12 bits per heavy atom. The van der Waals surface area contributed by atoms with Crippen molar-refractivity contribution in [2.75, 3.05) is 24.6 Å². The van der Waals surface area contributed by atoms with Crippen molar-refractivity contribution in [2.24, 2.45) is 7.05 Å². The van der Waals surface area contributed by atoms with E-state index in [0.29, 0.717) is 53.1 Å². The number of hydrogen-bond donors (Lipinski definition) is 0. The zero-order chi connectivity index (χ0) is 22.4. The molecule has 0 spiro atoms. The number of ether oxygens (including phenoxy) is 1. The third kappa shape index (κ3) is 3.65. The Balaban J connectivity index is 1.64. The predicted octanol–water partition coefficient (Wildman–Crippen LogP) is 3.34. The lowest BCUT2D eigenvalue weighted by molar-refractivity contribution is 0.0394. The SMILES string of the molecule is Cc1nc2c(-c3ccc(Cl)cc3)nc(N3CCO[C@@H](c4cnn(C)c4)C3)cn2c(=O)c1C. The van der Waals surface area contributed by atoms with Crippen LogP contribution in [0.2, 0.25) is 5.02 Å². The van der Waals surface area contributed by atoms with Crippen molar-refractivity contribution in [3.8, 4) is 11.3 Å². The lowest BCUT2D eigenvalue weighted by Crippen LogP contribution is -2.39. The van der Waals surface area contributed by atoms with Crippen molar-refractivity contribution in [3.05, 3.63) is 75.1 Å². The van der Waals surface area contributed by atoms with Gasteiger partial charge in [-0.1, -0.05) is 23.7 Å². The highest BCUT2D eigenvalue weighted by Gasteiger charge is 2.25. The summed E-state index contributed by atoms with van der Waals surface area (Å²) in [5.41, 5.74) is 4.26. The molecule has 0 saturated carbocycles. The highest BCUT2D eigenvalue weighted by atomic mass is 35.5. The Labute approximate surface area is 190 Å². The van der Waals surface area contributed by atoms with Crippen LogP contribution < -0.4 is 10.5 Å². The number of nitrogens with zero attached hydrogens (tertiary/aromatic N) is 6. The molecule has 0 N–H and O–H groups in total. The number of morpholine rings is 1.